The van der Waals surface area contributed by atoms with E-state index < -0.39 is 14.7 Å². The molecule has 0 saturated carbocycles. The van der Waals surface area contributed by atoms with Gasteiger partial charge in [-0.25, -0.2) is 0 Å². The zero-order valence-corrected chi connectivity index (χ0v) is 31.5. The van der Waals surface area contributed by atoms with Crippen molar-refractivity contribution in [1.82, 2.24) is 0 Å². The Morgan fingerprint density at radius 3 is 0.857 bits per heavy atom. The molecular formula is C36H78O4P2. The van der Waals surface area contributed by atoms with E-state index in [4.69, 9.17) is 13.4 Å². The van der Waals surface area contributed by atoms with Crippen molar-refractivity contribution in [3.05, 3.63) is 0 Å². The molecule has 0 N–H and O–H groups in total. The minimum absolute atomic E-state index is 0.367. The Bertz CT molecular complexity index is 542. The average Bonchev–Trinajstić information content (AvgIpc) is 2.97. The van der Waals surface area contributed by atoms with Crippen LogP contribution in [0.5, 0.6) is 0 Å². The summed E-state index contributed by atoms with van der Waals surface area (Å²) < 4.78 is 33.4. The van der Waals surface area contributed by atoms with E-state index in [-0.39, 0.29) is 0 Å². The van der Waals surface area contributed by atoms with Crippen LogP contribution >= 0.6 is 14.7 Å². The molecule has 0 aromatic heterocycles. The molecule has 0 atom stereocenters. The van der Waals surface area contributed by atoms with Crippen LogP contribution in [0.25, 0.3) is 0 Å². The quantitative estimate of drug-likeness (QED) is 0.0521. The number of phosphoric ester groups is 1. The molecule has 4 nitrogen and oxygen atoms in total. The fourth-order valence-electron chi connectivity index (χ4n) is 6.69. The summed E-state index contributed by atoms with van der Waals surface area (Å²) in [5.74, 6) is 0. The molecular weight excluding hydrogens is 558 g/mol. The first-order valence-corrected chi connectivity index (χ1v) is 23.4. The van der Waals surface area contributed by atoms with E-state index >= 15 is 0 Å². The molecule has 0 saturated heterocycles. The van der Waals surface area contributed by atoms with Crippen molar-refractivity contribution >= 4 is 14.7 Å². The number of hydrogen-bond acceptors (Lipinski definition) is 4. The van der Waals surface area contributed by atoms with Crippen LogP contribution in [0.3, 0.4) is 0 Å². The van der Waals surface area contributed by atoms with Gasteiger partial charge in [-0.05, 0) is 0 Å². The van der Waals surface area contributed by atoms with Gasteiger partial charge < -0.3 is 0 Å². The maximum atomic E-state index is 14.3. The maximum absolute atomic E-state index is 14.3. The van der Waals surface area contributed by atoms with E-state index in [1.807, 2.05) is 13.8 Å². The fourth-order valence-corrected chi connectivity index (χ4v) is 16.8. The minimum atomic E-state index is -3.61. The van der Waals surface area contributed by atoms with Gasteiger partial charge in [0.2, 0.25) is 0 Å². The molecule has 0 amide bonds. The molecule has 0 aromatic rings. The van der Waals surface area contributed by atoms with E-state index in [1.165, 1.54) is 154 Å². The number of rotatable bonds is 34. The van der Waals surface area contributed by atoms with Gasteiger partial charge in [-0.2, -0.15) is 0 Å². The van der Waals surface area contributed by atoms with Crippen LogP contribution in [0.15, 0.2) is 0 Å². The third-order valence-corrected chi connectivity index (χ3v) is 18.8. The van der Waals surface area contributed by atoms with Gasteiger partial charge in [0.15, 0.2) is 0 Å². The first-order chi connectivity index (χ1) is 20.4. The van der Waals surface area contributed by atoms with Crippen LogP contribution in [0, 0.1) is 0 Å². The molecule has 256 valence electrons. The molecule has 0 aliphatic carbocycles. The van der Waals surface area contributed by atoms with Gasteiger partial charge in [0.25, 0.3) is 0 Å². The Hall–Kier alpha value is 0.540. The monoisotopic (exact) mass is 637 g/mol. The first-order valence-electron chi connectivity index (χ1n) is 19.0. The third kappa shape index (κ3) is 20.5. The van der Waals surface area contributed by atoms with E-state index in [0.717, 1.165) is 24.6 Å². The van der Waals surface area contributed by atoms with Crippen molar-refractivity contribution < 1.29 is 17.9 Å². The van der Waals surface area contributed by atoms with E-state index in [0.29, 0.717) is 13.2 Å². The van der Waals surface area contributed by atoms with Gasteiger partial charge in [0, 0.05) is 0 Å². The van der Waals surface area contributed by atoms with Gasteiger partial charge in [-0.1, -0.05) is 0 Å². The number of phosphoric acid groups is 1. The summed E-state index contributed by atoms with van der Waals surface area (Å²) in [5.41, 5.74) is 0. The van der Waals surface area contributed by atoms with Crippen LogP contribution in [0.1, 0.15) is 196 Å². The van der Waals surface area contributed by atoms with Gasteiger partial charge in [0.1, 0.15) is 0 Å². The second-order valence-corrected chi connectivity index (χ2v) is 20.8. The summed E-state index contributed by atoms with van der Waals surface area (Å²) in [4.78, 5) is 0. The molecule has 0 aliphatic heterocycles. The summed E-state index contributed by atoms with van der Waals surface area (Å²) in [6.45, 7) is 10.9. The number of hydrogen-bond donors (Lipinski definition) is 0. The molecule has 0 heterocycles. The second kappa shape index (κ2) is 27.8. The zero-order chi connectivity index (χ0) is 31.3. The Labute approximate surface area is 265 Å². The van der Waals surface area contributed by atoms with Crippen molar-refractivity contribution in [2.45, 2.75) is 196 Å². The molecule has 0 unspecified atom stereocenters. The predicted octanol–water partition coefficient (Wildman–Crippen LogP) is 14.1. The van der Waals surface area contributed by atoms with Gasteiger partial charge >= 0.3 is 266 Å². The second-order valence-electron chi connectivity index (χ2n) is 13.2. The van der Waals surface area contributed by atoms with Crippen LogP contribution in [0.4, 0.5) is 0 Å². The van der Waals surface area contributed by atoms with Crippen molar-refractivity contribution in [2.24, 2.45) is 0 Å². The standard InChI is InChI=1S/C36H78O4P2/c1-7-13-17-21-25-29-33-42(34-30-26-22-18-14-8-2,35-31-27-23-19-15-9-3,36-32-28-24-20-16-10-4)40-41(37,38-11-5)39-12-6/h7-36H2,1-6H3. The Balaban J connectivity index is 6.26. The fraction of sp³-hybridized carbons (Fsp3) is 1.00. The number of unbranched alkanes of at least 4 members (excludes halogenated alkanes) is 20. The van der Waals surface area contributed by atoms with Gasteiger partial charge in [-0.15, -0.1) is 0 Å². The molecule has 0 fully saturated rings. The van der Waals surface area contributed by atoms with Crippen molar-refractivity contribution in [3.63, 3.8) is 0 Å². The van der Waals surface area contributed by atoms with Crippen molar-refractivity contribution in [1.29, 1.82) is 0 Å². The predicted molar refractivity (Wildman–Crippen MR) is 192 cm³/mol. The summed E-state index contributed by atoms with van der Waals surface area (Å²) in [5, 5.41) is 0. The summed E-state index contributed by atoms with van der Waals surface area (Å²) in [6, 6.07) is 0. The average molecular weight is 637 g/mol. The third-order valence-electron chi connectivity index (χ3n) is 9.21. The zero-order valence-electron chi connectivity index (χ0n) is 29.7. The van der Waals surface area contributed by atoms with E-state index in [1.54, 1.807) is 0 Å². The van der Waals surface area contributed by atoms with Gasteiger partial charge in [0.05, 0.1) is 0 Å². The normalized spacial score (nSPS) is 13.4. The Morgan fingerprint density at radius 1 is 0.381 bits per heavy atom. The molecule has 0 aliphatic rings. The van der Waals surface area contributed by atoms with Crippen LogP contribution in [-0.4, -0.2) is 37.9 Å². The van der Waals surface area contributed by atoms with Gasteiger partial charge in [-0.3, -0.25) is 0 Å². The molecule has 0 bridgehead atoms. The van der Waals surface area contributed by atoms with E-state index in [9.17, 15) is 4.57 Å². The van der Waals surface area contributed by atoms with Crippen molar-refractivity contribution in [3.8, 4) is 0 Å². The molecule has 0 rings (SSSR count). The van der Waals surface area contributed by atoms with E-state index in [2.05, 4.69) is 27.7 Å². The molecule has 0 aromatic carbocycles. The molecule has 6 heteroatoms. The Kier molecular flexibility index (Phi) is 28.2. The molecule has 0 spiro atoms. The summed E-state index contributed by atoms with van der Waals surface area (Å²) in [6.07, 6.45) is 35.3. The summed E-state index contributed by atoms with van der Waals surface area (Å²) in [7, 11) is -3.61. The van der Waals surface area contributed by atoms with Crippen molar-refractivity contribution in [2.75, 3.05) is 37.9 Å². The van der Waals surface area contributed by atoms with Crippen LogP contribution in [-0.2, 0) is 17.9 Å². The Morgan fingerprint density at radius 2 is 0.619 bits per heavy atom. The molecule has 0 radical (unpaired) electrons. The first kappa shape index (κ1) is 42.5. The van der Waals surface area contributed by atoms with Crippen LogP contribution in [0.2, 0.25) is 0 Å². The van der Waals surface area contributed by atoms with Crippen LogP contribution < -0.4 is 0 Å². The SMILES string of the molecule is CCCCCCCCP(CCCCCCCC)(CCCCCCCC)(CCCCCCCC)OP(=O)(OCC)OCC. The topological polar surface area (TPSA) is 44.8 Å². The summed E-state index contributed by atoms with van der Waals surface area (Å²) >= 11 is 0. The molecule has 42 heavy (non-hydrogen) atoms.